The van der Waals surface area contributed by atoms with Crippen LogP contribution in [0.15, 0.2) is 55.0 Å². The van der Waals surface area contributed by atoms with Crippen LogP contribution in [0.4, 0.5) is 5.69 Å². The van der Waals surface area contributed by atoms with E-state index in [4.69, 9.17) is 4.74 Å². The molecular formula is C21H15N5O3. The fourth-order valence-corrected chi connectivity index (χ4v) is 3.60. The monoisotopic (exact) mass is 385 g/mol. The van der Waals surface area contributed by atoms with E-state index in [-0.39, 0.29) is 5.56 Å². The Morgan fingerprint density at radius 1 is 1.00 bits per heavy atom. The fourth-order valence-electron chi connectivity index (χ4n) is 3.60. The summed E-state index contributed by atoms with van der Waals surface area (Å²) in [7, 11) is 3.31. The zero-order chi connectivity index (χ0) is 20.1. The maximum atomic E-state index is 13.4. The molecule has 0 radical (unpaired) electrons. The van der Waals surface area contributed by atoms with Crippen LogP contribution in [0.1, 0.15) is 20.7 Å². The van der Waals surface area contributed by atoms with Gasteiger partial charge >= 0.3 is 0 Å². The fraction of sp³-hybridized carbons (Fsp3) is 0.0952. The van der Waals surface area contributed by atoms with E-state index in [1.54, 1.807) is 61.6 Å². The maximum absolute atomic E-state index is 13.4. The quantitative estimate of drug-likeness (QED) is 0.504. The van der Waals surface area contributed by atoms with Gasteiger partial charge in [-0.2, -0.15) is 5.10 Å². The van der Waals surface area contributed by atoms with E-state index >= 15 is 0 Å². The van der Waals surface area contributed by atoms with Gasteiger partial charge in [-0.1, -0.05) is 0 Å². The predicted molar refractivity (Wildman–Crippen MR) is 106 cm³/mol. The minimum absolute atomic E-state index is 0.261. The largest absolute Gasteiger partial charge is 0.497 e. The summed E-state index contributed by atoms with van der Waals surface area (Å²) in [5, 5.41) is 5.08. The first kappa shape index (κ1) is 17.1. The Hall–Kier alpha value is -4.07. The summed E-state index contributed by atoms with van der Waals surface area (Å²) in [6.45, 7) is 0. The van der Waals surface area contributed by atoms with Gasteiger partial charge in [-0.25, -0.2) is 14.6 Å². The van der Waals surface area contributed by atoms with Crippen molar-refractivity contribution >= 4 is 28.5 Å². The lowest BCUT2D eigenvalue weighted by molar-refractivity contribution is 0.0926. The van der Waals surface area contributed by atoms with Gasteiger partial charge in [0.2, 0.25) is 0 Å². The number of methoxy groups -OCH3 is 1. The number of imide groups is 1. The second kappa shape index (κ2) is 6.23. The van der Waals surface area contributed by atoms with Gasteiger partial charge in [0.15, 0.2) is 5.65 Å². The zero-order valence-corrected chi connectivity index (χ0v) is 15.7. The summed E-state index contributed by atoms with van der Waals surface area (Å²) in [6, 6.07) is 10.4. The molecule has 29 heavy (non-hydrogen) atoms. The molecule has 0 bridgehead atoms. The molecule has 3 aromatic heterocycles. The van der Waals surface area contributed by atoms with Gasteiger partial charge in [-0.15, -0.1) is 0 Å². The SMILES string of the molecule is COc1ccc(N2C(=O)c3cnc4c(c(-c5cccnc5)nn4C)c3C2=O)cc1. The lowest BCUT2D eigenvalue weighted by Gasteiger charge is -2.14. The molecule has 0 unspecified atom stereocenters. The summed E-state index contributed by atoms with van der Waals surface area (Å²) in [4.78, 5) is 36.1. The van der Waals surface area contributed by atoms with Crippen LogP contribution in [0.2, 0.25) is 0 Å². The first-order chi connectivity index (χ1) is 14.1. The second-order valence-corrected chi connectivity index (χ2v) is 6.60. The maximum Gasteiger partial charge on any atom is 0.267 e. The van der Waals surface area contributed by atoms with E-state index in [0.29, 0.717) is 33.7 Å². The smallest absolute Gasteiger partial charge is 0.267 e. The average molecular weight is 385 g/mol. The van der Waals surface area contributed by atoms with Gasteiger partial charge < -0.3 is 4.74 Å². The minimum atomic E-state index is -0.412. The highest BCUT2D eigenvalue weighted by molar-refractivity contribution is 6.38. The first-order valence-electron chi connectivity index (χ1n) is 8.89. The third kappa shape index (κ3) is 2.42. The van der Waals surface area contributed by atoms with E-state index < -0.39 is 11.8 Å². The van der Waals surface area contributed by atoms with Crippen molar-refractivity contribution in [2.75, 3.05) is 12.0 Å². The molecule has 0 aliphatic carbocycles. The highest BCUT2D eigenvalue weighted by atomic mass is 16.5. The molecule has 142 valence electrons. The highest BCUT2D eigenvalue weighted by Crippen LogP contribution is 2.37. The number of fused-ring (bicyclic) bond motifs is 3. The van der Waals surface area contributed by atoms with Crippen molar-refractivity contribution in [3.8, 4) is 17.0 Å². The van der Waals surface area contributed by atoms with Crippen molar-refractivity contribution in [1.82, 2.24) is 19.7 Å². The number of anilines is 1. The van der Waals surface area contributed by atoms with Crippen molar-refractivity contribution in [3.05, 3.63) is 66.1 Å². The topological polar surface area (TPSA) is 90.2 Å². The second-order valence-electron chi connectivity index (χ2n) is 6.60. The molecule has 0 N–H and O–H groups in total. The minimum Gasteiger partial charge on any atom is -0.497 e. The van der Waals surface area contributed by atoms with Crippen molar-refractivity contribution in [2.24, 2.45) is 7.05 Å². The van der Waals surface area contributed by atoms with Crippen LogP contribution in [0.25, 0.3) is 22.3 Å². The number of ether oxygens (including phenoxy) is 1. The molecule has 5 rings (SSSR count). The molecule has 1 aromatic carbocycles. The van der Waals surface area contributed by atoms with Gasteiger partial charge in [0, 0.05) is 31.2 Å². The molecule has 0 atom stereocenters. The Labute approximate surface area is 165 Å². The van der Waals surface area contributed by atoms with Crippen LogP contribution in [0.3, 0.4) is 0 Å². The third-order valence-electron chi connectivity index (χ3n) is 4.97. The average Bonchev–Trinajstić information content (AvgIpc) is 3.23. The standard InChI is InChI=1S/C21H15N5O3/c1-25-19-17(18(24-25)12-4-3-9-22-10-12)16-15(11-23-19)20(27)26(21(16)28)13-5-7-14(29-2)8-6-13/h3-11H,1-2H3. The van der Waals surface area contributed by atoms with E-state index in [1.165, 1.54) is 6.20 Å². The number of nitrogens with zero attached hydrogens (tertiary/aromatic N) is 5. The lowest BCUT2D eigenvalue weighted by atomic mass is 10.0. The van der Waals surface area contributed by atoms with Crippen molar-refractivity contribution in [3.63, 3.8) is 0 Å². The molecule has 1 aliphatic heterocycles. The lowest BCUT2D eigenvalue weighted by Crippen LogP contribution is -2.29. The molecule has 4 heterocycles. The van der Waals surface area contributed by atoms with Crippen LogP contribution in [-0.2, 0) is 7.05 Å². The number of aryl methyl sites for hydroxylation is 1. The summed E-state index contributed by atoms with van der Waals surface area (Å²) >= 11 is 0. The third-order valence-corrected chi connectivity index (χ3v) is 4.97. The number of benzene rings is 1. The predicted octanol–water partition coefficient (Wildman–Crippen LogP) is 2.84. The van der Waals surface area contributed by atoms with Gasteiger partial charge in [0.05, 0.1) is 29.3 Å². The zero-order valence-electron chi connectivity index (χ0n) is 15.7. The van der Waals surface area contributed by atoms with Crippen LogP contribution < -0.4 is 9.64 Å². The normalized spacial score (nSPS) is 13.2. The van der Waals surface area contributed by atoms with Crippen LogP contribution in [-0.4, -0.2) is 38.7 Å². The molecule has 4 aromatic rings. The molecule has 0 spiro atoms. The molecule has 8 heteroatoms. The highest BCUT2D eigenvalue weighted by Gasteiger charge is 2.40. The summed E-state index contributed by atoms with van der Waals surface area (Å²) in [5.41, 5.74) is 2.88. The van der Waals surface area contributed by atoms with Crippen LogP contribution in [0.5, 0.6) is 5.75 Å². The van der Waals surface area contributed by atoms with Crippen molar-refractivity contribution < 1.29 is 14.3 Å². The summed E-state index contributed by atoms with van der Waals surface area (Å²) in [5.74, 6) is -0.174. The van der Waals surface area contributed by atoms with Gasteiger partial charge in [-0.05, 0) is 36.4 Å². The van der Waals surface area contributed by atoms with E-state index in [9.17, 15) is 9.59 Å². The van der Waals surface area contributed by atoms with Gasteiger partial charge in [0.1, 0.15) is 11.4 Å². The van der Waals surface area contributed by atoms with E-state index in [2.05, 4.69) is 15.1 Å². The number of hydrogen-bond acceptors (Lipinski definition) is 6. The number of aromatic nitrogens is 4. The number of carbonyl (C=O) groups is 2. The molecule has 2 amide bonds. The summed E-state index contributed by atoms with van der Waals surface area (Å²) in [6.07, 6.45) is 4.77. The Balaban J connectivity index is 1.73. The molecule has 0 fully saturated rings. The first-order valence-corrected chi connectivity index (χ1v) is 8.89. The number of amides is 2. The Morgan fingerprint density at radius 3 is 2.48 bits per heavy atom. The molecular weight excluding hydrogens is 370 g/mol. The Kier molecular flexibility index (Phi) is 3.67. The number of rotatable bonds is 3. The molecule has 8 nitrogen and oxygen atoms in total. The Bertz CT molecular complexity index is 1280. The van der Waals surface area contributed by atoms with E-state index in [0.717, 1.165) is 10.5 Å². The number of pyridine rings is 2. The molecule has 0 saturated heterocycles. The van der Waals surface area contributed by atoms with Crippen molar-refractivity contribution in [2.45, 2.75) is 0 Å². The van der Waals surface area contributed by atoms with Crippen molar-refractivity contribution in [1.29, 1.82) is 0 Å². The van der Waals surface area contributed by atoms with Crippen LogP contribution in [0, 0.1) is 0 Å². The van der Waals surface area contributed by atoms with Gasteiger partial charge in [0.25, 0.3) is 11.8 Å². The molecule has 0 saturated carbocycles. The van der Waals surface area contributed by atoms with Crippen LogP contribution >= 0.6 is 0 Å². The number of carbonyl (C=O) groups excluding carboxylic acids is 2. The van der Waals surface area contributed by atoms with E-state index in [1.807, 2.05) is 6.07 Å². The summed E-state index contributed by atoms with van der Waals surface area (Å²) < 4.78 is 6.76. The number of hydrogen-bond donors (Lipinski definition) is 0. The van der Waals surface area contributed by atoms with Gasteiger partial charge in [-0.3, -0.25) is 14.6 Å². The molecule has 1 aliphatic rings. The Morgan fingerprint density at radius 2 is 1.79 bits per heavy atom.